The molecule has 3 nitrogen and oxygen atoms in total. The highest BCUT2D eigenvalue weighted by Gasteiger charge is 2.21. The molecular weight excluding hydrogens is 164 g/mol. The predicted molar refractivity (Wildman–Crippen MR) is 53.5 cm³/mol. The van der Waals surface area contributed by atoms with Crippen LogP contribution in [0.5, 0.6) is 0 Å². The van der Waals surface area contributed by atoms with Gasteiger partial charge in [-0.25, -0.2) is 0 Å². The van der Waals surface area contributed by atoms with Crippen molar-refractivity contribution < 1.29 is 4.79 Å². The van der Waals surface area contributed by atoms with E-state index in [1.54, 1.807) is 19.0 Å². The third kappa shape index (κ3) is 3.35. The van der Waals surface area contributed by atoms with Crippen molar-refractivity contribution in [1.82, 2.24) is 10.2 Å². The van der Waals surface area contributed by atoms with E-state index >= 15 is 0 Å². The van der Waals surface area contributed by atoms with E-state index in [2.05, 4.69) is 12.2 Å². The van der Waals surface area contributed by atoms with Gasteiger partial charge in [0.05, 0.1) is 6.54 Å². The van der Waals surface area contributed by atoms with Gasteiger partial charge in [-0.05, 0) is 25.2 Å². The first kappa shape index (κ1) is 10.5. The molecule has 1 rings (SSSR count). The summed E-state index contributed by atoms with van der Waals surface area (Å²) in [7, 11) is 3.59. The number of amides is 1. The van der Waals surface area contributed by atoms with Crippen LogP contribution in [-0.2, 0) is 4.79 Å². The highest BCUT2D eigenvalue weighted by Crippen LogP contribution is 2.24. The average molecular weight is 184 g/mol. The standard InChI is InChI=1S/C10H20N2O/c1-8-4-5-9(6-8)11-7-10(13)12(2)3/h8-9,11H,4-7H2,1-3H3/t8-,9-/m1/s1. The molecule has 0 bridgehead atoms. The third-order valence-corrected chi connectivity index (χ3v) is 2.74. The molecule has 1 fully saturated rings. The molecule has 1 saturated carbocycles. The van der Waals surface area contributed by atoms with Gasteiger partial charge in [0, 0.05) is 20.1 Å². The van der Waals surface area contributed by atoms with Crippen LogP contribution in [0.1, 0.15) is 26.2 Å². The molecule has 2 atom stereocenters. The second-order valence-electron chi connectivity index (χ2n) is 4.28. The molecule has 0 aromatic heterocycles. The first-order valence-electron chi connectivity index (χ1n) is 5.03. The van der Waals surface area contributed by atoms with Gasteiger partial charge in [-0.2, -0.15) is 0 Å². The lowest BCUT2D eigenvalue weighted by atomic mass is 10.1. The fourth-order valence-corrected chi connectivity index (χ4v) is 1.78. The smallest absolute Gasteiger partial charge is 0.236 e. The maximum Gasteiger partial charge on any atom is 0.236 e. The lowest BCUT2D eigenvalue weighted by molar-refractivity contribution is -0.127. The van der Waals surface area contributed by atoms with Gasteiger partial charge in [-0.3, -0.25) is 4.79 Å². The molecular formula is C10H20N2O. The zero-order valence-corrected chi connectivity index (χ0v) is 8.84. The molecule has 0 unspecified atom stereocenters. The van der Waals surface area contributed by atoms with Crippen LogP contribution in [0.2, 0.25) is 0 Å². The second-order valence-corrected chi connectivity index (χ2v) is 4.28. The molecule has 1 amide bonds. The minimum absolute atomic E-state index is 0.166. The summed E-state index contributed by atoms with van der Waals surface area (Å²) >= 11 is 0. The molecule has 0 spiro atoms. The van der Waals surface area contributed by atoms with Crippen LogP contribution in [0.15, 0.2) is 0 Å². The molecule has 1 aliphatic rings. The molecule has 3 heteroatoms. The molecule has 0 saturated heterocycles. The number of carbonyl (C=O) groups excluding carboxylic acids is 1. The van der Waals surface area contributed by atoms with E-state index in [1.165, 1.54) is 19.3 Å². The van der Waals surface area contributed by atoms with Gasteiger partial charge in [-0.1, -0.05) is 6.92 Å². The molecule has 13 heavy (non-hydrogen) atoms. The first-order valence-corrected chi connectivity index (χ1v) is 5.03. The van der Waals surface area contributed by atoms with Crippen molar-refractivity contribution in [2.45, 2.75) is 32.2 Å². The number of hydrogen-bond donors (Lipinski definition) is 1. The van der Waals surface area contributed by atoms with E-state index in [0.717, 1.165) is 5.92 Å². The molecule has 0 aliphatic heterocycles. The molecule has 0 heterocycles. The summed E-state index contributed by atoms with van der Waals surface area (Å²) in [6.45, 7) is 2.76. The molecule has 0 aromatic rings. The number of rotatable bonds is 3. The normalized spacial score (nSPS) is 27.6. The Bertz CT molecular complexity index is 180. The van der Waals surface area contributed by atoms with E-state index in [4.69, 9.17) is 0 Å². The summed E-state index contributed by atoms with van der Waals surface area (Å²) in [5.74, 6) is 0.992. The minimum Gasteiger partial charge on any atom is -0.348 e. The zero-order chi connectivity index (χ0) is 9.84. The zero-order valence-electron chi connectivity index (χ0n) is 8.84. The van der Waals surface area contributed by atoms with Crippen LogP contribution in [0.4, 0.5) is 0 Å². The van der Waals surface area contributed by atoms with Gasteiger partial charge in [0.2, 0.25) is 5.91 Å². The van der Waals surface area contributed by atoms with Crippen molar-refractivity contribution in [1.29, 1.82) is 0 Å². The molecule has 1 N–H and O–H groups in total. The Balaban J connectivity index is 2.16. The Labute approximate surface area is 80.5 Å². The first-order chi connectivity index (χ1) is 6.09. The van der Waals surface area contributed by atoms with Crippen molar-refractivity contribution in [3.05, 3.63) is 0 Å². The molecule has 0 radical (unpaired) electrons. The number of nitrogens with one attached hydrogen (secondary N) is 1. The molecule has 76 valence electrons. The number of carbonyl (C=O) groups is 1. The Morgan fingerprint density at radius 2 is 2.15 bits per heavy atom. The van der Waals surface area contributed by atoms with Gasteiger partial charge in [-0.15, -0.1) is 0 Å². The maximum atomic E-state index is 11.2. The third-order valence-electron chi connectivity index (χ3n) is 2.74. The predicted octanol–water partition coefficient (Wildman–Crippen LogP) is 0.853. The summed E-state index contributed by atoms with van der Waals surface area (Å²) in [6.07, 6.45) is 3.75. The van der Waals surface area contributed by atoms with Gasteiger partial charge in [0.1, 0.15) is 0 Å². The van der Waals surface area contributed by atoms with Crippen LogP contribution in [0.25, 0.3) is 0 Å². The van der Waals surface area contributed by atoms with Crippen LogP contribution < -0.4 is 5.32 Å². The summed E-state index contributed by atoms with van der Waals surface area (Å²) in [5.41, 5.74) is 0. The van der Waals surface area contributed by atoms with E-state index in [-0.39, 0.29) is 5.91 Å². The second kappa shape index (κ2) is 4.61. The summed E-state index contributed by atoms with van der Waals surface area (Å²) < 4.78 is 0. The fourth-order valence-electron chi connectivity index (χ4n) is 1.78. The summed E-state index contributed by atoms with van der Waals surface area (Å²) in [5, 5.41) is 3.30. The van der Waals surface area contributed by atoms with Crippen molar-refractivity contribution in [3.63, 3.8) is 0 Å². The number of likely N-dealkylation sites (N-methyl/N-ethyl adjacent to an activating group) is 1. The van der Waals surface area contributed by atoms with Crippen LogP contribution in [-0.4, -0.2) is 37.5 Å². The maximum absolute atomic E-state index is 11.2. The minimum atomic E-state index is 0.166. The average Bonchev–Trinajstić information content (AvgIpc) is 2.47. The molecule has 1 aliphatic carbocycles. The van der Waals surface area contributed by atoms with Crippen molar-refractivity contribution >= 4 is 5.91 Å². The van der Waals surface area contributed by atoms with Crippen molar-refractivity contribution in [2.75, 3.05) is 20.6 Å². The van der Waals surface area contributed by atoms with Crippen molar-refractivity contribution in [2.24, 2.45) is 5.92 Å². The molecule has 0 aromatic carbocycles. The Morgan fingerprint density at radius 3 is 2.62 bits per heavy atom. The van der Waals surface area contributed by atoms with Crippen LogP contribution in [0, 0.1) is 5.92 Å². The monoisotopic (exact) mass is 184 g/mol. The van der Waals surface area contributed by atoms with Crippen LogP contribution >= 0.6 is 0 Å². The van der Waals surface area contributed by atoms with Gasteiger partial charge >= 0.3 is 0 Å². The van der Waals surface area contributed by atoms with E-state index in [9.17, 15) is 4.79 Å². The van der Waals surface area contributed by atoms with Crippen LogP contribution in [0.3, 0.4) is 0 Å². The van der Waals surface area contributed by atoms with E-state index in [1.807, 2.05) is 0 Å². The number of nitrogens with zero attached hydrogens (tertiary/aromatic N) is 1. The summed E-state index contributed by atoms with van der Waals surface area (Å²) in [4.78, 5) is 12.9. The quantitative estimate of drug-likeness (QED) is 0.705. The van der Waals surface area contributed by atoms with E-state index in [0.29, 0.717) is 12.6 Å². The van der Waals surface area contributed by atoms with Gasteiger partial charge < -0.3 is 10.2 Å². The topological polar surface area (TPSA) is 32.3 Å². The summed E-state index contributed by atoms with van der Waals surface area (Å²) in [6, 6.07) is 0.568. The largest absolute Gasteiger partial charge is 0.348 e. The van der Waals surface area contributed by atoms with E-state index < -0.39 is 0 Å². The Morgan fingerprint density at radius 1 is 1.46 bits per heavy atom. The fraction of sp³-hybridized carbons (Fsp3) is 0.900. The Hall–Kier alpha value is -0.570. The Kier molecular flexibility index (Phi) is 3.72. The number of hydrogen-bond acceptors (Lipinski definition) is 2. The highest BCUT2D eigenvalue weighted by atomic mass is 16.2. The lowest BCUT2D eigenvalue weighted by Gasteiger charge is -2.14. The highest BCUT2D eigenvalue weighted by molar-refractivity contribution is 5.77. The van der Waals surface area contributed by atoms with Crippen molar-refractivity contribution in [3.8, 4) is 0 Å². The van der Waals surface area contributed by atoms with Gasteiger partial charge in [0.15, 0.2) is 0 Å². The lowest BCUT2D eigenvalue weighted by Crippen LogP contribution is -2.37. The van der Waals surface area contributed by atoms with Gasteiger partial charge in [0.25, 0.3) is 0 Å². The SMILES string of the molecule is C[C@@H]1CC[C@@H](NCC(=O)N(C)C)C1.